The lowest BCUT2D eigenvalue weighted by atomic mass is 10.7. The molecule has 4 heteroatoms. The van der Waals surface area contributed by atoms with Crippen LogP contribution in [-0.2, 0) is 0 Å². The van der Waals surface area contributed by atoms with Gasteiger partial charge < -0.3 is 5.43 Å². The fourth-order valence-electron chi connectivity index (χ4n) is 0.128. The summed E-state index contributed by atoms with van der Waals surface area (Å²) in [4.78, 5) is -0.476. The van der Waals surface area contributed by atoms with Gasteiger partial charge >= 0.3 is 0 Å². The van der Waals surface area contributed by atoms with Crippen molar-refractivity contribution in [3.63, 3.8) is 0 Å². The number of hydrogen-bond donors (Lipinski definition) is 2. The molecule has 0 atom stereocenters. The topological polar surface area (TPSA) is 38.0 Å². The molecular formula is C3H6Cl2N2. The minimum Gasteiger partial charge on any atom is -0.332 e. The van der Waals surface area contributed by atoms with E-state index in [0.29, 0.717) is 0 Å². The Bertz CT molecular complexity index is 62.0. The van der Waals surface area contributed by atoms with Crippen LogP contribution >= 0.6 is 23.2 Å². The average molecular weight is 141 g/mol. The highest BCUT2D eigenvalue weighted by Crippen LogP contribution is 2.00. The van der Waals surface area contributed by atoms with Crippen LogP contribution in [0, 0.1) is 0 Å². The van der Waals surface area contributed by atoms with Crippen molar-refractivity contribution in [2.24, 2.45) is 5.84 Å². The van der Waals surface area contributed by atoms with Crippen LogP contribution < -0.4 is 11.3 Å². The second-order valence-electron chi connectivity index (χ2n) is 0.860. The largest absolute Gasteiger partial charge is 0.332 e. The van der Waals surface area contributed by atoms with Crippen molar-refractivity contribution in [1.29, 1.82) is 0 Å². The molecule has 0 aliphatic carbocycles. The average Bonchev–Trinajstić information content (AvgIpc) is 1.61. The molecule has 0 aliphatic heterocycles. The van der Waals surface area contributed by atoms with Crippen LogP contribution in [-0.4, -0.2) is 4.84 Å². The van der Waals surface area contributed by atoms with E-state index in [1.54, 1.807) is 0 Å². The van der Waals surface area contributed by atoms with E-state index in [2.05, 4.69) is 5.43 Å². The summed E-state index contributed by atoms with van der Waals surface area (Å²) in [5.41, 5.74) is 2.25. The molecule has 0 aromatic heterocycles. The molecule has 0 amide bonds. The maximum absolute atomic E-state index is 5.24. The first-order chi connectivity index (χ1) is 3.27. The Morgan fingerprint density at radius 2 is 2.14 bits per heavy atom. The van der Waals surface area contributed by atoms with Crippen molar-refractivity contribution >= 4 is 23.2 Å². The Morgan fingerprint density at radius 1 is 1.57 bits per heavy atom. The minimum atomic E-state index is -0.476. The van der Waals surface area contributed by atoms with Gasteiger partial charge in [0.1, 0.15) is 4.84 Å². The van der Waals surface area contributed by atoms with Gasteiger partial charge in [-0.1, -0.05) is 0 Å². The van der Waals surface area contributed by atoms with Crippen LogP contribution in [0.3, 0.4) is 0 Å². The van der Waals surface area contributed by atoms with Gasteiger partial charge in [0.2, 0.25) is 0 Å². The maximum Gasteiger partial charge on any atom is 0.127 e. The number of alkyl halides is 2. The number of hydrazine groups is 1. The van der Waals surface area contributed by atoms with Gasteiger partial charge in [0.25, 0.3) is 0 Å². The van der Waals surface area contributed by atoms with Crippen LogP contribution in [0.2, 0.25) is 0 Å². The predicted molar refractivity (Wildman–Crippen MR) is 32.0 cm³/mol. The molecule has 0 fully saturated rings. The van der Waals surface area contributed by atoms with E-state index in [9.17, 15) is 0 Å². The lowest BCUT2D eigenvalue weighted by Crippen LogP contribution is -2.13. The number of rotatable bonds is 2. The van der Waals surface area contributed by atoms with E-state index in [-0.39, 0.29) is 0 Å². The monoisotopic (exact) mass is 140 g/mol. The van der Waals surface area contributed by atoms with Crippen molar-refractivity contribution in [2.75, 3.05) is 0 Å². The number of nitrogens with one attached hydrogen (secondary N) is 1. The van der Waals surface area contributed by atoms with Crippen molar-refractivity contribution in [3.05, 3.63) is 12.3 Å². The first-order valence-corrected chi connectivity index (χ1v) is 2.55. The molecule has 0 saturated carbocycles. The van der Waals surface area contributed by atoms with E-state index in [4.69, 9.17) is 29.0 Å². The summed E-state index contributed by atoms with van der Waals surface area (Å²) in [6, 6.07) is 0. The van der Waals surface area contributed by atoms with Crippen molar-refractivity contribution in [2.45, 2.75) is 4.84 Å². The van der Waals surface area contributed by atoms with Gasteiger partial charge in [-0.05, 0) is 6.08 Å². The SMILES string of the molecule is NNC=CC(Cl)Cl. The Hall–Kier alpha value is 0.0800. The molecule has 0 rings (SSSR count). The molecular weight excluding hydrogens is 135 g/mol. The van der Waals surface area contributed by atoms with Crippen LogP contribution in [0.5, 0.6) is 0 Å². The molecule has 42 valence electrons. The van der Waals surface area contributed by atoms with E-state index in [0.717, 1.165) is 0 Å². The second-order valence-corrected chi connectivity index (χ2v) is 2.02. The summed E-state index contributed by atoms with van der Waals surface area (Å²) < 4.78 is 0. The Labute approximate surface area is 52.2 Å². The van der Waals surface area contributed by atoms with Crippen LogP contribution in [0.4, 0.5) is 0 Å². The normalized spacial score (nSPS) is 10.9. The summed E-state index contributed by atoms with van der Waals surface area (Å²) in [7, 11) is 0. The molecule has 0 bridgehead atoms. The quantitative estimate of drug-likeness (QED) is 0.338. The molecule has 0 heterocycles. The summed E-state index contributed by atoms with van der Waals surface area (Å²) in [6.45, 7) is 0. The molecule has 0 unspecified atom stereocenters. The summed E-state index contributed by atoms with van der Waals surface area (Å²) in [5.74, 6) is 4.82. The van der Waals surface area contributed by atoms with Gasteiger partial charge in [0, 0.05) is 6.20 Å². The number of halogens is 2. The summed E-state index contributed by atoms with van der Waals surface area (Å²) in [6.07, 6.45) is 2.98. The highest BCUT2D eigenvalue weighted by atomic mass is 35.5. The lowest BCUT2D eigenvalue weighted by Gasteiger charge is -1.86. The highest BCUT2D eigenvalue weighted by molar-refractivity contribution is 6.45. The third-order valence-corrected chi connectivity index (χ3v) is 0.629. The lowest BCUT2D eigenvalue weighted by molar-refractivity contribution is 0.964. The van der Waals surface area contributed by atoms with Crippen LogP contribution in [0.1, 0.15) is 0 Å². The zero-order valence-electron chi connectivity index (χ0n) is 3.57. The zero-order chi connectivity index (χ0) is 5.70. The molecule has 2 nitrogen and oxygen atoms in total. The van der Waals surface area contributed by atoms with Crippen molar-refractivity contribution < 1.29 is 0 Å². The fraction of sp³-hybridized carbons (Fsp3) is 0.333. The standard InChI is InChI=1S/C3H6Cl2N2/c4-3(5)1-2-7-6/h1-3,7H,6H2. The van der Waals surface area contributed by atoms with E-state index >= 15 is 0 Å². The molecule has 3 N–H and O–H groups in total. The second kappa shape index (κ2) is 4.24. The van der Waals surface area contributed by atoms with E-state index in [1.165, 1.54) is 12.3 Å². The first-order valence-electron chi connectivity index (χ1n) is 1.68. The van der Waals surface area contributed by atoms with Gasteiger partial charge in [-0.25, -0.2) is 0 Å². The molecule has 0 spiro atoms. The van der Waals surface area contributed by atoms with Gasteiger partial charge in [0.15, 0.2) is 0 Å². The molecule has 0 radical (unpaired) electrons. The first kappa shape index (κ1) is 7.08. The van der Waals surface area contributed by atoms with Gasteiger partial charge in [0.05, 0.1) is 0 Å². The third kappa shape index (κ3) is 6.08. The fourth-order valence-corrected chi connectivity index (χ4v) is 0.274. The molecule has 7 heavy (non-hydrogen) atoms. The molecule has 0 aliphatic rings. The maximum atomic E-state index is 5.24. The molecule has 0 saturated heterocycles. The van der Waals surface area contributed by atoms with Crippen LogP contribution in [0.15, 0.2) is 12.3 Å². The summed E-state index contributed by atoms with van der Waals surface area (Å²) in [5, 5.41) is 0. The zero-order valence-corrected chi connectivity index (χ0v) is 5.08. The smallest absolute Gasteiger partial charge is 0.127 e. The van der Waals surface area contributed by atoms with E-state index in [1.807, 2.05) is 0 Å². The molecule has 0 aromatic rings. The predicted octanol–water partition coefficient (Wildman–Crippen LogP) is 0.767. The van der Waals surface area contributed by atoms with Crippen molar-refractivity contribution in [3.8, 4) is 0 Å². The van der Waals surface area contributed by atoms with Gasteiger partial charge in [-0.3, -0.25) is 5.84 Å². The van der Waals surface area contributed by atoms with Crippen molar-refractivity contribution in [1.82, 2.24) is 5.43 Å². The van der Waals surface area contributed by atoms with E-state index < -0.39 is 4.84 Å². The number of hydrogen-bond acceptors (Lipinski definition) is 2. The molecule has 0 aromatic carbocycles. The van der Waals surface area contributed by atoms with Gasteiger partial charge in [-0.15, -0.1) is 23.2 Å². The van der Waals surface area contributed by atoms with Gasteiger partial charge in [-0.2, -0.15) is 0 Å². The number of allylic oxidation sites excluding steroid dienone is 1. The Morgan fingerprint density at radius 3 is 2.29 bits per heavy atom. The Kier molecular flexibility index (Phi) is 4.29. The summed E-state index contributed by atoms with van der Waals surface area (Å²) >= 11 is 10.5. The Balaban J connectivity index is 3.08. The third-order valence-electron chi connectivity index (χ3n) is 0.338. The minimum absolute atomic E-state index is 0.476. The highest BCUT2D eigenvalue weighted by Gasteiger charge is 1.84. The van der Waals surface area contributed by atoms with Crippen LogP contribution in [0.25, 0.3) is 0 Å². The number of nitrogens with two attached hydrogens (primary N) is 1.